The minimum absolute atomic E-state index is 0.783. The first kappa shape index (κ1) is 9.06. The summed E-state index contributed by atoms with van der Waals surface area (Å²) in [5.41, 5.74) is 7.50. The number of hydrogen-bond acceptors (Lipinski definition) is 3. The number of anilines is 1. The van der Waals surface area contributed by atoms with Crippen LogP contribution in [0.1, 0.15) is 12.6 Å². The Labute approximate surface area is 73.0 Å². The first-order valence-corrected chi connectivity index (χ1v) is 4.10. The van der Waals surface area contributed by atoms with E-state index >= 15 is 0 Å². The van der Waals surface area contributed by atoms with Crippen molar-refractivity contribution in [3.8, 4) is 0 Å². The normalized spacial score (nSPS) is 11.0. The molecule has 4 heteroatoms. The van der Waals surface area contributed by atoms with Crippen molar-refractivity contribution in [1.29, 1.82) is 0 Å². The Balaban J connectivity index is 2.77. The lowest BCUT2D eigenvalue weighted by atomic mass is 10.3. The molecule has 0 aliphatic carbocycles. The zero-order valence-corrected chi connectivity index (χ0v) is 7.91. The predicted molar refractivity (Wildman–Crippen MR) is 49.7 cm³/mol. The lowest BCUT2D eigenvalue weighted by Crippen LogP contribution is -2.12. The molecule has 0 aliphatic rings. The summed E-state index contributed by atoms with van der Waals surface area (Å²) >= 11 is 0. The van der Waals surface area contributed by atoms with Crippen LogP contribution in [-0.2, 0) is 13.1 Å². The van der Waals surface area contributed by atoms with Gasteiger partial charge in [0.05, 0.1) is 11.4 Å². The average molecular weight is 168 g/mol. The summed E-state index contributed by atoms with van der Waals surface area (Å²) in [7, 11) is 4.01. The fraction of sp³-hybridized carbons (Fsp3) is 0.625. The van der Waals surface area contributed by atoms with Gasteiger partial charge in [0.25, 0.3) is 0 Å². The Bertz CT molecular complexity index is 252. The van der Waals surface area contributed by atoms with Crippen LogP contribution in [0.5, 0.6) is 0 Å². The Morgan fingerprint density at radius 1 is 1.58 bits per heavy atom. The highest BCUT2D eigenvalue weighted by Crippen LogP contribution is 2.09. The quantitative estimate of drug-likeness (QED) is 0.717. The Morgan fingerprint density at radius 3 is 2.67 bits per heavy atom. The monoisotopic (exact) mass is 168 g/mol. The molecule has 0 unspecified atom stereocenters. The highest BCUT2D eigenvalue weighted by atomic mass is 15.3. The van der Waals surface area contributed by atoms with Gasteiger partial charge < -0.3 is 10.6 Å². The van der Waals surface area contributed by atoms with Crippen molar-refractivity contribution in [2.45, 2.75) is 20.0 Å². The van der Waals surface area contributed by atoms with Gasteiger partial charge in [-0.1, -0.05) is 0 Å². The van der Waals surface area contributed by atoms with Gasteiger partial charge in [-0.05, 0) is 21.0 Å². The second kappa shape index (κ2) is 3.58. The third-order valence-electron chi connectivity index (χ3n) is 1.66. The highest BCUT2D eigenvalue weighted by molar-refractivity contribution is 5.40. The van der Waals surface area contributed by atoms with Gasteiger partial charge in [0.15, 0.2) is 0 Å². The third-order valence-corrected chi connectivity index (χ3v) is 1.66. The number of aryl methyl sites for hydroxylation is 1. The molecule has 0 spiro atoms. The second-order valence-electron chi connectivity index (χ2n) is 3.12. The molecule has 0 radical (unpaired) electrons. The Morgan fingerprint density at radius 2 is 2.25 bits per heavy atom. The van der Waals surface area contributed by atoms with Gasteiger partial charge in [0, 0.05) is 19.3 Å². The molecule has 1 aromatic rings. The molecular formula is C8H16N4. The van der Waals surface area contributed by atoms with Crippen molar-refractivity contribution >= 4 is 5.69 Å². The molecule has 1 aromatic heterocycles. The van der Waals surface area contributed by atoms with Crippen molar-refractivity contribution in [2.75, 3.05) is 19.8 Å². The number of rotatable bonds is 3. The summed E-state index contributed by atoms with van der Waals surface area (Å²) in [6.07, 6.45) is 1.87. The fourth-order valence-corrected chi connectivity index (χ4v) is 1.06. The average Bonchev–Trinajstić information content (AvgIpc) is 2.31. The molecule has 0 amide bonds. The van der Waals surface area contributed by atoms with Crippen LogP contribution in [0.25, 0.3) is 0 Å². The van der Waals surface area contributed by atoms with Gasteiger partial charge >= 0.3 is 0 Å². The largest absolute Gasteiger partial charge is 0.396 e. The first-order chi connectivity index (χ1) is 5.63. The van der Waals surface area contributed by atoms with E-state index in [0.29, 0.717) is 0 Å². The van der Waals surface area contributed by atoms with Crippen molar-refractivity contribution in [3.05, 3.63) is 11.9 Å². The zero-order valence-electron chi connectivity index (χ0n) is 7.91. The van der Waals surface area contributed by atoms with E-state index in [1.807, 2.05) is 31.9 Å². The zero-order chi connectivity index (χ0) is 9.14. The minimum Gasteiger partial charge on any atom is -0.396 e. The maximum Gasteiger partial charge on any atom is 0.0993 e. The summed E-state index contributed by atoms with van der Waals surface area (Å²) in [4.78, 5) is 2.05. The highest BCUT2D eigenvalue weighted by Gasteiger charge is 2.05. The molecule has 2 N–H and O–H groups in total. The van der Waals surface area contributed by atoms with Gasteiger partial charge in [0.2, 0.25) is 0 Å². The minimum atomic E-state index is 0.783. The molecule has 0 atom stereocenters. The summed E-state index contributed by atoms with van der Waals surface area (Å²) in [5, 5.41) is 4.32. The van der Waals surface area contributed by atoms with E-state index in [1.165, 1.54) is 0 Å². The van der Waals surface area contributed by atoms with Gasteiger partial charge in [-0.25, -0.2) is 0 Å². The number of nitrogen functional groups attached to an aromatic ring is 1. The lowest BCUT2D eigenvalue weighted by Gasteiger charge is -2.06. The third kappa shape index (κ3) is 1.98. The topological polar surface area (TPSA) is 47.1 Å². The molecule has 0 aromatic carbocycles. The molecule has 0 aliphatic heterocycles. The lowest BCUT2D eigenvalue weighted by molar-refractivity contribution is 0.394. The van der Waals surface area contributed by atoms with Gasteiger partial charge in [-0.15, -0.1) is 0 Å². The van der Waals surface area contributed by atoms with E-state index in [0.717, 1.165) is 24.5 Å². The molecule has 12 heavy (non-hydrogen) atoms. The summed E-state index contributed by atoms with van der Waals surface area (Å²) < 4.78 is 1.86. The SMILES string of the molecule is CCn1cc(N)c(CN(C)C)n1. The van der Waals surface area contributed by atoms with Crippen LogP contribution >= 0.6 is 0 Å². The second-order valence-corrected chi connectivity index (χ2v) is 3.12. The van der Waals surface area contributed by atoms with E-state index in [1.54, 1.807) is 0 Å². The maximum atomic E-state index is 5.76. The molecular weight excluding hydrogens is 152 g/mol. The van der Waals surface area contributed by atoms with Crippen LogP contribution in [0.2, 0.25) is 0 Å². The van der Waals surface area contributed by atoms with Crippen molar-refractivity contribution in [2.24, 2.45) is 0 Å². The number of nitrogens with zero attached hydrogens (tertiary/aromatic N) is 3. The molecule has 1 heterocycles. The van der Waals surface area contributed by atoms with Crippen molar-refractivity contribution < 1.29 is 0 Å². The molecule has 1 rings (SSSR count). The van der Waals surface area contributed by atoms with Crippen LogP contribution < -0.4 is 5.73 Å². The molecule has 0 bridgehead atoms. The van der Waals surface area contributed by atoms with Crippen LogP contribution in [0, 0.1) is 0 Å². The van der Waals surface area contributed by atoms with Gasteiger partial charge in [0.1, 0.15) is 0 Å². The van der Waals surface area contributed by atoms with Crippen LogP contribution in [-0.4, -0.2) is 28.8 Å². The van der Waals surface area contributed by atoms with Crippen molar-refractivity contribution in [1.82, 2.24) is 14.7 Å². The predicted octanol–water partition coefficient (Wildman–Crippen LogP) is 0.547. The first-order valence-electron chi connectivity index (χ1n) is 4.10. The molecule has 68 valence electrons. The summed E-state index contributed by atoms with van der Waals surface area (Å²) in [6.45, 7) is 3.72. The van der Waals surface area contributed by atoms with E-state index in [4.69, 9.17) is 5.73 Å². The van der Waals surface area contributed by atoms with E-state index < -0.39 is 0 Å². The Kier molecular flexibility index (Phi) is 2.70. The molecule has 4 nitrogen and oxygen atoms in total. The maximum absolute atomic E-state index is 5.76. The van der Waals surface area contributed by atoms with E-state index in [-0.39, 0.29) is 0 Å². The molecule has 0 fully saturated rings. The fourth-order valence-electron chi connectivity index (χ4n) is 1.06. The molecule has 0 saturated carbocycles. The smallest absolute Gasteiger partial charge is 0.0993 e. The Hall–Kier alpha value is -1.03. The van der Waals surface area contributed by atoms with Crippen LogP contribution in [0.4, 0.5) is 5.69 Å². The van der Waals surface area contributed by atoms with E-state index in [2.05, 4.69) is 10.00 Å². The number of hydrogen-bond donors (Lipinski definition) is 1. The van der Waals surface area contributed by atoms with Crippen LogP contribution in [0.15, 0.2) is 6.20 Å². The van der Waals surface area contributed by atoms with Gasteiger partial charge in [-0.2, -0.15) is 5.10 Å². The number of nitrogens with two attached hydrogens (primary N) is 1. The number of aromatic nitrogens is 2. The van der Waals surface area contributed by atoms with Gasteiger partial charge in [-0.3, -0.25) is 4.68 Å². The summed E-state index contributed by atoms with van der Waals surface area (Å²) in [6, 6.07) is 0. The van der Waals surface area contributed by atoms with Crippen molar-refractivity contribution in [3.63, 3.8) is 0 Å². The van der Waals surface area contributed by atoms with E-state index in [9.17, 15) is 0 Å². The van der Waals surface area contributed by atoms with Crippen LogP contribution in [0.3, 0.4) is 0 Å². The summed E-state index contributed by atoms with van der Waals surface area (Å²) in [5.74, 6) is 0. The molecule has 0 saturated heterocycles. The standard InChI is InChI=1S/C8H16N4/c1-4-12-5-7(9)8(10-12)6-11(2)3/h5H,4,6,9H2,1-3H3.